The quantitative estimate of drug-likeness (QED) is 0.355. The molecule has 0 aliphatic rings. The molecule has 1 aromatic heterocycles. The standard InChI is InChI=1S/C6H7N3O2/c1-6-3-2-4-8(5-6)7-9(10)11/h2-5H,1H3. The van der Waals surface area contributed by atoms with Gasteiger partial charge in [-0.05, 0) is 13.0 Å². The summed E-state index contributed by atoms with van der Waals surface area (Å²) in [4.78, 5) is 9.90. The number of aryl methyl sites for hydroxylation is 1. The van der Waals surface area contributed by atoms with E-state index in [9.17, 15) is 10.1 Å². The summed E-state index contributed by atoms with van der Waals surface area (Å²) in [6.45, 7) is 1.84. The first kappa shape index (κ1) is 7.46. The third kappa shape index (κ3) is 2.21. The highest BCUT2D eigenvalue weighted by atomic mass is 16.7. The van der Waals surface area contributed by atoms with Crippen LogP contribution in [-0.2, 0) is 0 Å². The van der Waals surface area contributed by atoms with Crippen LogP contribution in [0, 0.1) is 17.0 Å². The smallest absolute Gasteiger partial charge is 0.171 e. The van der Waals surface area contributed by atoms with Crippen molar-refractivity contribution in [1.29, 1.82) is 0 Å². The molecule has 0 aliphatic carbocycles. The van der Waals surface area contributed by atoms with Gasteiger partial charge in [0.1, 0.15) is 0 Å². The van der Waals surface area contributed by atoms with Gasteiger partial charge in [0.15, 0.2) is 12.4 Å². The average Bonchev–Trinajstić information content (AvgIpc) is 1.85. The highest BCUT2D eigenvalue weighted by molar-refractivity contribution is 5.01. The van der Waals surface area contributed by atoms with Gasteiger partial charge in [0.05, 0.1) is 0 Å². The summed E-state index contributed by atoms with van der Waals surface area (Å²) >= 11 is 0. The summed E-state index contributed by atoms with van der Waals surface area (Å²) < 4.78 is 1.16. The van der Waals surface area contributed by atoms with Crippen LogP contribution < -0.4 is 4.68 Å². The second-order valence-electron chi connectivity index (χ2n) is 2.09. The Kier molecular flexibility index (Phi) is 2.00. The zero-order chi connectivity index (χ0) is 8.27. The zero-order valence-corrected chi connectivity index (χ0v) is 5.97. The van der Waals surface area contributed by atoms with E-state index in [4.69, 9.17) is 0 Å². The third-order valence-corrected chi connectivity index (χ3v) is 1.11. The number of hydrogen-bond donors (Lipinski definition) is 0. The van der Waals surface area contributed by atoms with Crippen LogP contribution in [0.5, 0.6) is 0 Å². The lowest BCUT2D eigenvalue weighted by Gasteiger charge is -2.00. The fraction of sp³-hybridized carbons (Fsp3) is 0.167. The molecule has 0 saturated carbocycles. The van der Waals surface area contributed by atoms with Gasteiger partial charge >= 0.3 is 0 Å². The van der Waals surface area contributed by atoms with Crippen molar-refractivity contribution in [3.8, 4) is 0 Å². The molecule has 5 nitrogen and oxygen atoms in total. The number of nitrogens with zero attached hydrogens (tertiary/aromatic N) is 3. The van der Waals surface area contributed by atoms with Gasteiger partial charge in [0.25, 0.3) is 0 Å². The SMILES string of the molecule is Cc1ccc[n+]([N-][N+](=O)[O-])c1. The molecule has 1 rings (SSSR count). The Morgan fingerprint density at radius 3 is 3.00 bits per heavy atom. The van der Waals surface area contributed by atoms with Crippen LogP contribution in [0.25, 0.3) is 5.53 Å². The van der Waals surface area contributed by atoms with Gasteiger partial charge in [-0.15, -0.1) is 0 Å². The first-order valence-corrected chi connectivity index (χ1v) is 3.03. The lowest BCUT2D eigenvalue weighted by Crippen LogP contribution is -2.31. The fourth-order valence-electron chi connectivity index (χ4n) is 0.718. The highest BCUT2D eigenvalue weighted by Crippen LogP contribution is 1.90. The second-order valence-corrected chi connectivity index (χ2v) is 2.09. The van der Waals surface area contributed by atoms with Crippen molar-refractivity contribution in [3.63, 3.8) is 0 Å². The maximum atomic E-state index is 9.90. The van der Waals surface area contributed by atoms with E-state index in [1.54, 1.807) is 12.3 Å². The summed E-state index contributed by atoms with van der Waals surface area (Å²) in [6, 6.07) is 3.54. The van der Waals surface area contributed by atoms with Crippen molar-refractivity contribution >= 4 is 0 Å². The lowest BCUT2D eigenvalue weighted by molar-refractivity contribution is -0.738. The van der Waals surface area contributed by atoms with E-state index in [2.05, 4.69) is 5.53 Å². The number of pyridine rings is 1. The molecule has 58 valence electrons. The number of nitro groups is 1. The molecule has 0 amide bonds. The monoisotopic (exact) mass is 153 g/mol. The van der Waals surface area contributed by atoms with E-state index in [1.165, 1.54) is 6.20 Å². The summed E-state index contributed by atoms with van der Waals surface area (Å²) in [6.07, 6.45) is 3.08. The van der Waals surface area contributed by atoms with Gasteiger partial charge in [0.2, 0.25) is 0 Å². The number of hydrogen-bond acceptors (Lipinski definition) is 2. The summed E-state index contributed by atoms with van der Waals surface area (Å²) in [5, 5.41) is 9.16. The van der Waals surface area contributed by atoms with Crippen LogP contribution >= 0.6 is 0 Å². The highest BCUT2D eigenvalue weighted by Gasteiger charge is 1.93. The van der Waals surface area contributed by atoms with Gasteiger partial charge in [0, 0.05) is 16.7 Å². The van der Waals surface area contributed by atoms with Crippen molar-refractivity contribution < 1.29 is 9.71 Å². The first-order chi connectivity index (χ1) is 5.18. The molecule has 0 radical (unpaired) electrons. The van der Waals surface area contributed by atoms with Crippen LogP contribution in [0.2, 0.25) is 0 Å². The summed E-state index contributed by atoms with van der Waals surface area (Å²) in [5.74, 6) is 0. The molecule has 0 unspecified atom stereocenters. The summed E-state index contributed by atoms with van der Waals surface area (Å²) in [5.41, 5.74) is 3.99. The number of aromatic nitrogens is 1. The van der Waals surface area contributed by atoms with Crippen molar-refractivity contribution in [1.82, 2.24) is 0 Å². The molecule has 0 saturated heterocycles. The molecular weight excluding hydrogens is 146 g/mol. The Morgan fingerprint density at radius 1 is 1.73 bits per heavy atom. The molecule has 0 aromatic carbocycles. The van der Waals surface area contributed by atoms with Crippen molar-refractivity contribution in [2.45, 2.75) is 6.92 Å². The molecule has 0 spiro atoms. The normalized spacial score (nSPS) is 9.18. The molecule has 0 bridgehead atoms. The third-order valence-electron chi connectivity index (χ3n) is 1.11. The molecule has 5 heteroatoms. The predicted molar refractivity (Wildman–Crippen MR) is 37.1 cm³/mol. The van der Waals surface area contributed by atoms with Crippen molar-refractivity contribution in [2.24, 2.45) is 0 Å². The van der Waals surface area contributed by atoms with E-state index in [0.29, 0.717) is 0 Å². The zero-order valence-electron chi connectivity index (χ0n) is 5.97. The molecule has 0 atom stereocenters. The van der Waals surface area contributed by atoms with E-state index in [-0.39, 0.29) is 0 Å². The second kappa shape index (κ2) is 2.96. The first-order valence-electron chi connectivity index (χ1n) is 3.03. The van der Waals surface area contributed by atoms with Crippen LogP contribution in [-0.4, -0.2) is 5.03 Å². The molecule has 11 heavy (non-hydrogen) atoms. The van der Waals surface area contributed by atoms with E-state index in [1.807, 2.05) is 13.0 Å². The van der Waals surface area contributed by atoms with Gasteiger partial charge in [-0.2, -0.15) is 4.68 Å². The molecule has 1 heterocycles. The van der Waals surface area contributed by atoms with Crippen molar-refractivity contribution in [3.05, 3.63) is 45.7 Å². The largest absolute Gasteiger partial charge is 0.264 e. The topological polar surface area (TPSA) is 61.1 Å². The average molecular weight is 153 g/mol. The van der Waals surface area contributed by atoms with Crippen LogP contribution in [0.15, 0.2) is 24.5 Å². The van der Waals surface area contributed by atoms with Crippen LogP contribution in [0.4, 0.5) is 0 Å². The Morgan fingerprint density at radius 2 is 2.45 bits per heavy atom. The van der Waals surface area contributed by atoms with E-state index in [0.717, 1.165) is 10.2 Å². The Balaban J connectivity index is 2.79. The van der Waals surface area contributed by atoms with Gasteiger partial charge in [-0.1, -0.05) is 5.53 Å². The van der Waals surface area contributed by atoms with Crippen LogP contribution in [0.1, 0.15) is 5.56 Å². The maximum absolute atomic E-state index is 9.90. The van der Waals surface area contributed by atoms with Gasteiger partial charge in [-0.25, -0.2) is 0 Å². The Labute approximate surface area is 63.4 Å². The molecule has 0 aliphatic heterocycles. The van der Waals surface area contributed by atoms with Gasteiger partial charge in [-0.3, -0.25) is 10.1 Å². The molecule has 0 fully saturated rings. The maximum Gasteiger partial charge on any atom is 0.171 e. The minimum absolute atomic E-state index is 0.737. The molecular formula is C6H7N3O2. The lowest BCUT2D eigenvalue weighted by atomic mass is 10.3. The summed E-state index contributed by atoms with van der Waals surface area (Å²) in [7, 11) is 0. The van der Waals surface area contributed by atoms with E-state index >= 15 is 0 Å². The van der Waals surface area contributed by atoms with Crippen LogP contribution in [0.3, 0.4) is 0 Å². The molecule has 1 aromatic rings. The minimum Gasteiger partial charge on any atom is -0.264 e. The predicted octanol–water partition coefficient (Wildman–Crippen LogP) is 0.611. The van der Waals surface area contributed by atoms with Crippen molar-refractivity contribution in [2.75, 3.05) is 0 Å². The Bertz CT molecular complexity index is 274. The van der Waals surface area contributed by atoms with E-state index < -0.39 is 5.03 Å². The molecule has 0 N–H and O–H groups in total. The minimum atomic E-state index is -0.737. The fourth-order valence-corrected chi connectivity index (χ4v) is 0.718. The number of rotatable bonds is 2. The Hall–Kier alpha value is -1.65. The van der Waals surface area contributed by atoms with Gasteiger partial charge < -0.3 is 0 Å².